The molecule has 3 aromatic rings. The Morgan fingerprint density at radius 2 is 1.68 bits per heavy atom. The molecule has 1 aromatic heterocycles. The molecule has 0 fully saturated rings. The van der Waals surface area contributed by atoms with Gasteiger partial charge in [0.1, 0.15) is 5.56 Å². The molecule has 0 unspecified atom stereocenters. The van der Waals surface area contributed by atoms with Crippen LogP contribution in [0.1, 0.15) is 21.5 Å². The van der Waals surface area contributed by atoms with Crippen LogP contribution in [0.2, 0.25) is 0 Å². The van der Waals surface area contributed by atoms with Gasteiger partial charge in [0, 0.05) is 5.52 Å². The van der Waals surface area contributed by atoms with E-state index in [9.17, 15) is 9.59 Å². The number of hydrogen-bond acceptors (Lipinski definition) is 2. The van der Waals surface area contributed by atoms with E-state index >= 15 is 0 Å². The Morgan fingerprint density at radius 1 is 0.955 bits per heavy atom. The van der Waals surface area contributed by atoms with Crippen molar-refractivity contribution in [3.63, 3.8) is 0 Å². The molecule has 0 bridgehead atoms. The number of rotatable bonds is 4. The zero-order valence-electron chi connectivity index (χ0n) is 12.0. The van der Waals surface area contributed by atoms with Gasteiger partial charge < -0.3 is 10.7 Å². The Kier molecular flexibility index (Phi) is 3.74. The first kappa shape index (κ1) is 14.1. The summed E-state index contributed by atoms with van der Waals surface area (Å²) >= 11 is 0. The normalized spacial score (nSPS) is 10.7. The van der Waals surface area contributed by atoms with Gasteiger partial charge in [0.05, 0.1) is 0 Å². The number of amides is 1. The van der Waals surface area contributed by atoms with Crippen LogP contribution >= 0.6 is 0 Å². The molecule has 22 heavy (non-hydrogen) atoms. The first-order valence-corrected chi connectivity index (χ1v) is 7.13. The molecule has 0 saturated carbocycles. The molecule has 3 rings (SSSR count). The summed E-state index contributed by atoms with van der Waals surface area (Å²) < 4.78 is 0. The van der Waals surface area contributed by atoms with Crippen LogP contribution in [0.5, 0.6) is 0 Å². The average molecular weight is 292 g/mol. The van der Waals surface area contributed by atoms with E-state index < -0.39 is 11.5 Å². The molecule has 4 nitrogen and oxygen atoms in total. The third-order valence-electron chi connectivity index (χ3n) is 3.72. The second-order valence-corrected chi connectivity index (χ2v) is 5.28. The van der Waals surface area contributed by atoms with Crippen LogP contribution in [-0.4, -0.2) is 10.9 Å². The summed E-state index contributed by atoms with van der Waals surface area (Å²) in [7, 11) is 0. The third-order valence-corrected chi connectivity index (χ3v) is 3.72. The highest BCUT2D eigenvalue weighted by Crippen LogP contribution is 2.15. The lowest BCUT2D eigenvalue weighted by atomic mass is 10.0. The summed E-state index contributed by atoms with van der Waals surface area (Å²) in [4.78, 5) is 25.7. The smallest absolute Gasteiger partial charge is 0.261 e. The molecule has 110 valence electrons. The monoisotopic (exact) mass is 292 g/mol. The van der Waals surface area contributed by atoms with Gasteiger partial charge in [-0.05, 0) is 47.6 Å². The zero-order valence-corrected chi connectivity index (χ0v) is 12.0. The summed E-state index contributed by atoms with van der Waals surface area (Å²) in [6, 6.07) is 17.7. The summed E-state index contributed by atoms with van der Waals surface area (Å²) in [6.45, 7) is 0. The number of carbonyl (C=O) groups is 1. The van der Waals surface area contributed by atoms with E-state index in [2.05, 4.69) is 17.1 Å². The molecule has 4 heteroatoms. The largest absolute Gasteiger partial charge is 0.365 e. The number of aryl methyl sites for hydroxylation is 2. The fourth-order valence-corrected chi connectivity index (χ4v) is 2.53. The third kappa shape index (κ3) is 2.91. The Labute approximate surface area is 127 Å². The molecule has 3 N–H and O–H groups in total. The highest BCUT2D eigenvalue weighted by atomic mass is 16.2. The number of aromatic amines is 1. The number of carbonyl (C=O) groups excluding carboxylic acids is 1. The fraction of sp³-hybridized carbons (Fsp3) is 0.111. The van der Waals surface area contributed by atoms with Crippen LogP contribution in [0.25, 0.3) is 10.9 Å². The number of aromatic nitrogens is 1. The quantitative estimate of drug-likeness (QED) is 0.774. The van der Waals surface area contributed by atoms with Crippen molar-refractivity contribution in [2.75, 3.05) is 0 Å². The predicted molar refractivity (Wildman–Crippen MR) is 86.9 cm³/mol. The molecule has 0 saturated heterocycles. The topological polar surface area (TPSA) is 76.0 Å². The number of H-pyrrole nitrogens is 1. The Balaban J connectivity index is 1.90. The Hall–Kier alpha value is -2.88. The highest BCUT2D eigenvalue weighted by Gasteiger charge is 2.08. The van der Waals surface area contributed by atoms with Gasteiger partial charge in [0.15, 0.2) is 0 Å². The lowest BCUT2D eigenvalue weighted by Gasteiger charge is -2.05. The van der Waals surface area contributed by atoms with E-state index in [4.69, 9.17) is 5.73 Å². The summed E-state index contributed by atoms with van der Waals surface area (Å²) in [5.41, 5.74) is 7.90. The summed E-state index contributed by atoms with van der Waals surface area (Å²) in [5.74, 6) is -0.710. The van der Waals surface area contributed by atoms with E-state index in [-0.39, 0.29) is 5.56 Å². The van der Waals surface area contributed by atoms with E-state index in [0.29, 0.717) is 5.52 Å². The van der Waals surface area contributed by atoms with Crippen molar-refractivity contribution in [1.82, 2.24) is 4.98 Å². The van der Waals surface area contributed by atoms with E-state index in [1.807, 2.05) is 36.4 Å². The molecule has 2 aromatic carbocycles. The molecule has 0 atom stereocenters. The van der Waals surface area contributed by atoms with Crippen molar-refractivity contribution in [3.05, 3.63) is 81.6 Å². The predicted octanol–water partition coefficient (Wildman–Crippen LogP) is 2.41. The maximum absolute atomic E-state index is 11.7. The van der Waals surface area contributed by atoms with Gasteiger partial charge in [-0.1, -0.05) is 36.4 Å². The van der Waals surface area contributed by atoms with Gasteiger partial charge in [0.2, 0.25) is 0 Å². The Morgan fingerprint density at radius 3 is 2.41 bits per heavy atom. The average Bonchev–Trinajstić information content (AvgIpc) is 2.53. The van der Waals surface area contributed by atoms with Gasteiger partial charge in [-0.2, -0.15) is 0 Å². The first-order chi connectivity index (χ1) is 10.6. The molecule has 0 radical (unpaired) electrons. The molecule has 1 heterocycles. The molecular weight excluding hydrogens is 276 g/mol. The van der Waals surface area contributed by atoms with Crippen molar-refractivity contribution in [2.24, 2.45) is 5.73 Å². The van der Waals surface area contributed by atoms with E-state index in [1.54, 1.807) is 6.07 Å². The van der Waals surface area contributed by atoms with E-state index in [0.717, 1.165) is 23.8 Å². The molecular formula is C18H16N2O2. The summed E-state index contributed by atoms with van der Waals surface area (Å²) in [6.07, 6.45) is 1.84. The molecule has 0 aliphatic heterocycles. The van der Waals surface area contributed by atoms with Crippen LogP contribution < -0.4 is 11.3 Å². The second-order valence-electron chi connectivity index (χ2n) is 5.28. The van der Waals surface area contributed by atoms with Gasteiger partial charge >= 0.3 is 0 Å². The van der Waals surface area contributed by atoms with Crippen LogP contribution in [0.4, 0.5) is 0 Å². The minimum absolute atomic E-state index is 0.00675. The maximum Gasteiger partial charge on any atom is 0.261 e. The lowest BCUT2D eigenvalue weighted by molar-refractivity contribution is 0.0999. The molecule has 1 amide bonds. The van der Waals surface area contributed by atoms with Crippen molar-refractivity contribution >= 4 is 16.8 Å². The number of benzene rings is 2. The maximum atomic E-state index is 11.7. The van der Waals surface area contributed by atoms with Crippen molar-refractivity contribution < 1.29 is 4.79 Å². The van der Waals surface area contributed by atoms with Crippen LogP contribution in [0.15, 0.2) is 59.4 Å². The van der Waals surface area contributed by atoms with Crippen molar-refractivity contribution in [1.29, 1.82) is 0 Å². The van der Waals surface area contributed by atoms with Crippen molar-refractivity contribution in [3.8, 4) is 0 Å². The van der Waals surface area contributed by atoms with Crippen LogP contribution in [0.3, 0.4) is 0 Å². The van der Waals surface area contributed by atoms with E-state index in [1.165, 1.54) is 5.56 Å². The molecule has 0 aliphatic carbocycles. The van der Waals surface area contributed by atoms with Gasteiger partial charge in [-0.25, -0.2) is 0 Å². The SMILES string of the molecule is NC(=O)c1cc2cc(CCc3ccccc3)ccc2[nH]c1=O. The number of hydrogen-bond donors (Lipinski definition) is 2. The minimum atomic E-state index is -0.710. The molecule has 0 aliphatic rings. The summed E-state index contributed by atoms with van der Waals surface area (Å²) in [5, 5.41) is 0.818. The highest BCUT2D eigenvalue weighted by molar-refractivity contribution is 5.96. The zero-order chi connectivity index (χ0) is 15.5. The number of fused-ring (bicyclic) bond motifs is 1. The van der Waals surface area contributed by atoms with Crippen LogP contribution in [0, 0.1) is 0 Å². The van der Waals surface area contributed by atoms with Gasteiger partial charge in [-0.15, -0.1) is 0 Å². The molecule has 0 spiro atoms. The number of pyridine rings is 1. The number of nitrogens with two attached hydrogens (primary N) is 1. The van der Waals surface area contributed by atoms with Gasteiger partial charge in [0.25, 0.3) is 11.5 Å². The number of nitrogens with one attached hydrogen (secondary N) is 1. The minimum Gasteiger partial charge on any atom is -0.365 e. The number of primary amides is 1. The fourth-order valence-electron chi connectivity index (χ4n) is 2.53. The second kappa shape index (κ2) is 5.85. The lowest BCUT2D eigenvalue weighted by Crippen LogP contribution is -2.23. The van der Waals surface area contributed by atoms with Gasteiger partial charge in [-0.3, -0.25) is 9.59 Å². The first-order valence-electron chi connectivity index (χ1n) is 7.13. The van der Waals surface area contributed by atoms with Crippen LogP contribution in [-0.2, 0) is 12.8 Å². The Bertz CT molecular complexity index is 882. The van der Waals surface area contributed by atoms with Crippen molar-refractivity contribution in [2.45, 2.75) is 12.8 Å². The standard InChI is InChI=1S/C18H16N2O2/c19-17(21)15-11-14-10-13(8-9-16(14)20-18(15)22)7-6-12-4-2-1-3-5-12/h1-5,8-11H,6-7H2,(H2,19,21)(H,20,22).